The molecule has 96 valence electrons. The second kappa shape index (κ2) is 4.56. The molecule has 2 rings (SSSR count). The average molecular weight is 246 g/mol. The Morgan fingerprint density at radius 3 is 2.67 bits per heavy atom. The van der Waals surface area contributed by atoms with Crippen LogP contribution in [0.25, 0.3) is 0 Å². The zero-order chi connectivity index (χ0) is 13.4. The van der Waals surface area contributed by atoms with E-state index < -0.39 is 0 Å². The van der Waals surface area contributed by atoms with Crippen molar-refractivity contribution >= 4 is 11.6 Å². The molecule has 1 aliphatic heterocycles. The van der Waals surface area contributed by atoms with Crippen molar-refractivity contribution < 1.29 is 14.3 Å². The Balaban J connectivity index is 2.39. The molecule has 0 radical (unpaired) electrons. The second-order valence-electron chi connectivity index (χ2n) is 5.30. The van der Waals surface area contributed by atoms with Gasteiger partial charge in [0, 0.05) is 11.1 Å². The van der Waals surface area contributed by atoms with Crippen LogP contribution in [0.4, 0.5) is 0 Å². The van der Waals surface area contributed by atoms with Crippen LogP contribution in [0.15, 0.2) is 34.6 Å². The molecular weight excluding hydrogens is 228 g/mol. The first-order valence-corrected chi connectivity index (χ1v) is 6.23. The molecule has 0 saturated carbocycles. The quantitative estimate of drug-likeness (QED) is 0.528. The van der Waals surface area contributed by atoms with Crippen molar-refractivity contribution in [2.75, 3.05) is 0 Å². The van der Waals surface area contributed by atoms with Gasteiger partial charge in [0.2, 0.25) is 5.78 Å². The van der Waals surface area contributed by atoms with Gasteiger partial charge in [0.05, 0.1) is 0 Å². The van der Waals surface area contributed by atoms with Gasteiger partial charge in [-0.05, 0) is 45.3 Å². The van der Waals surface area contributed by atoms with E-state index in [1.54, 1.807) is 6.92 Å². The number of allylic oxidation sites excluding steroid dienone is 4. The van der Waals surface area contributed by atoms with Gasteiger partial charge < -0.3 is 4.74 Å². The number of hydrogen-bond acceptors (Lipinski definition) is 3. The monoisotopic (exact) mass is 246 g/mol. The lowest BCUT2D eigenvalue weighted by Crippen LogP contribution is -2.32. The lowest BCUT2D eigenvalue weighted by atomic mass is 9.83. The standard InChI is InChI=1S/C15H18O3/c1-8(2)5-11-6-9(3)13-12(16)7-10(4)14(17)15(13)18-11/h5,7,9,11H,6H2,1-4H3/t9-,11-/m1/s1. The Bertz CT molecular complexity index is 502. The minimum Gasteiger partial charge on any atom is -0.482 e. The summed E-state index contributed by atoms with van der Waals surface area (Å²) in [5, 5.41) is 0. The molecule has 0 aromatic rings. The highest BCUT2D eigenvalue weighted by atomic mass is 16.5. The Kier molecular flexibility index (Phi) is 3.24. The molecule has 0 aromatic carbocycles. The SMILES string of the molecule is CC(C)=C[C@@H]1C[C@@H](C)C2=C(O1)C(=O)C(C)=CC2=O. The van der Waals surface area contributed by atoms with Crippen molar-refractivity contribution in [1.29, 1.82) is 0 Å². The van der Waals surface area contributed by atoms with Gasteiger partial charge in [0.1, 0.15) is 6.10 Å². The smallest absolute Gasteiger partial charge is 0.223 e. The summed E-state index contributed by atoms with van der Waals surface area (Å²) < 4.78 is 5.72. The van der Waals surface area contributed by atoms with E-state index in [0.717, 1.165) is 12.0 Å². The normalized spacial score (nSPS) is 27.4. The van der Waals surface area contributed by atoms with Gasteiger partial charge in [-0.1, -0.05) is 12.5 Å². The third kappa shape index (κ3) is 2.17. The lowest BCUT2D eigenvalue weighted by Gasteiger charge is -2.31. The van der Waals surface area contributed by atoms with Crippen LogP contribution in [0.3, 0.4) is 0 Å². The van der Waals surface area contributed by atoms with E-state index in [1.165, 1.54) is 6.08 Å². The Morgan fingerprint density at radius 1 is 1.39 bits per heavy atom. The highest BCUT2D eigenvalue weighted by Gasteiger charge is 2.36. The molecular formula is C15H18O3. The van der Waals surface area contributed by atoms with Crippen molar-refractivity contribution in [3.63, 3.8) is 0 Å². The number of carbonyl (C=O) groups is 2. The largest absolute Gasteiger partial charge is 0.482 e. The van der Waals surface area contributed by atoms with Crippen molar-refractivity contribution in [2.45, 2.75) is 40.2 Å². The number of hydrogen-bond donors (Lipinski definition) is 0. The minimum atomic E-state index is -0.150. The van der Waals surface area contributed by atoms with Crippen molar-refractivity contribution in [3.8, 4) is 0 Å². The van der Waals surface area contributed by atoms with E-state index in [-0.39, 0.29) is 29.3 Å². The molecule has 3 nitrogen and oxygen atoms in total. The number of Topliss-reactive ketones (excluding diaryl/α,β-unsaturated/α-hetero) is 1. The van der Waals surface area contributed by atoms with Gasteiger partial charge in [0.25, 0.3) is 0 Å². The number of rotatable bonds is 1. The second-order valence-corrected chi connectivity index (χ2v) is 5.30. The van der Waals surface area contributed by atoms with Crippen molar-refractivity contribution in [3.05, 3.63) is 34.6 Å². The molecule has 0 saturated heterocycles. The first kappa shape index (κ1) is 12.8. The van der Waals surface area contributed by atoms with Crippen LogP contribution in [0.5, 0.6) is 0 Å². The Hall–Kier alpha value is -1.64. The molecule has 2 atom stereocenters. The van der Waals surface area contributed by atoms with Crippen LogP contribution < -0.4 is 0 Å². The molecule has 0 bridgehead atoms. The van der Waals surface area contributed by atoms with Gasteiger partial charge in [-0.25, -0.2) is 0 Å². The van der Waals surface area contributed by atoms with Crippen LogP contribution in [-0.2, 0) is 14.3 Å². The maximum absolute atomic E-state index is 12.1. The van der Waals surface area contributed by atoms with E-state index in [2.05, 4.69) is 0 Å². The Morgan fingerprint density at radius 2 is 2.06 bits per heavy atom. The Labute approximate surface area is 107 Å². The first-order chi connectivity index (χ1) is 8.40. The van der Waals surface area contributed by atoms with E-state index in [1.807, 2.05) is 26.8 Å². The molecule has 0 N–H and O–H groups in total. The van der Waals surface area contributed by atoms with E-state index in [9.17, 15) is 9.59 Å². The maximum Gasteiger partial charge on any atom is 0.223 e. The molecule has 0 fully saturated rings. The van der Waals surface area contributed by atoms with Crippen LogP contribution >= 0.6 is 0 Å². The molecule has 0 aromatic heterocycles. The molecule has 0 spiro atoms. The zero-order valence-electron chi connectivity index (χ0n) is 11.2. The van der Waals surface area contributed by atoms with Crippen molar-refractivity contribution in [1.82, 2.24) is 0 Å². The molecule has 1 heterocycles. The summed E-state index contributed by atoms with van der Waals surface area (Å²) >= 11 is 0. The molecule has 1 aliphatic carbocycles. The molecule has 0 unspecified atom stereocenters. The summed E-state index contributed by atoms with van der Waals surface area (Å²) in [6.07, 6.45) is 4.07. The molecule has 2 aliphatic rings. The van der Waals surface area contributed by atoms with Gasteiger partial charge in [-0.2, -0.15) is 0 Å². The third-order valence-electron chi connectivity index (χ3n) is 3.29. The van der Waals surface area contributed by atoms with E-state index >= 15 is 0 Å². The summed E-state index contributed by atoms with van der Waals surface area (Å²) in [6.45, 7) is 7.62. The van der Waals surface area contributed by atoms with Crippen molar-refractivity contribution in [2.24, 2.45) is 5.92 Å². The van der Waals surface area contributed by atoms with Gasteiger partial charge in [-0.15, -0.1) is 0 Å². The summed E-state index contributed by atoms with van der Waals surface area (Å²) in [7, 11) is 0. The van der Waals surface area contributed by atoms with Gasteiger partial charge in [-0.3, -0.25) is 9.59 Å². The fourth-order valence-electron chi connectivity index (χ4n) is 2.48. The topological polar surface area (TPSA) is 43.4 Å². The van der Waals surface area contributed by atoms with E-state index in [0.29, 0.717) is 11.1 Å². The highest BCUT2D eigenvalue weighted by Crippen LogP contribution is 2.35. The first-order valence-electron chi connectivity index (χ1n) is 6.23. The fourth-order valence-corrected chi connectivity index (χ4v) is 2.48. The predicted molar refractivity (Wildman–Crippen MR) is 68.9 cm³/mol. The predicted octanol–water partition coefficient (Wildman–Crippen LogP) is 2.73. The summed E-state index contributed by atoms with van der Waals surface area (Å²) in [4.78, 5) is 24.0. The average Bonchev–Trinajstić information content (AvgIpc) is 2.24. The van der Waals surface area contributed by atoms with Gasteiger partial charge >= 0.3 is 0 Å². The summed E-state index contributed by atoms with van der Waals surface area (Å²) in [5.74, 6) is 0.102. The third-order valence-corrected chi connectivity index (χ3v) is 3.29. The molecule has 18 heavy (non-hydrogen) atoms. The maximum atomic E-state index is 12.1. The van der Waals surface area contributed by atoms with Crippen LogP contribution in [0.2, 0.25) is 0 Å². The lowest BCUT2D eigenvalue weighted by molar-refractivity contribution is -0.120. The van der Waals surface area contributed by atoms with Crippen LogP contribution in [0, 0.1) is 5.92 Å². The number of ketones is 2. The molecule has 3 heteroatoms. The summed E-state index contributed by atoms with van der Waals surface area (Å²) in [6, 6.07) is 0. The van der Waals surface area contributed by atoms with Crippen LogP contribution in [-0.4, -0.2) is 17.7 Å². The van der Waals surface area contributed by atoms with E-state index in [4.69, 9.17) is 4.74 Å². The summed E-state index contributed by atoms with van der Waals surface area (Å²) in [5.41, 5.74) is 2.16. The zero-order valence-corrected chi connectivity index (χ0v) is 11.2. The molecule has 0 amide bonds. The minimum absolute atomic E-state index is 0.0650. The number of ether oxygens (including phenoxy) is 1. The van der Waals surface area contributed by atoms with Crippen LogP contribution in [0.1, 0.15) is 34.1 Å². The highest BCUT2D eigenvalue weighted by molar-refractivity contribution is 6.21. The number of carbonyl (C=O) groups excluding carboxylic acids is 2. The fraction of sp³-hybridized carbons (Fsp3) is 0.467. The van der Waals surface area contributed by atoms with Gasteiger partial charge in [0.15, 0.2) is 11.5 Å².